The van der Waals surface area contributed by atoms with Crippen molar-refractivity contribution in [2.75, 3.05) is 6.61 Å². The van der Waals surface area contributed by atoms with Crippen molar-refractivity contribution in [1.29, 1.82) is 0 Å². The van der Waals surface area contributed by atoms with Crippen molar-refractivity contribution in [2.24, 2.45) is 0 Å². The highest BCUT2D eigenvalue weighted by molar-refractivity contribution is 5.76. The Morgan fingerprint density at radius 3 is 2.60 bits per heavy atom. The third-order valence-electron chi connectivity index (χ3n) is 2.38. The van der Waals surface area contributed by atoms with E-state index in [2.05, 4.69) is 20.8 Å². The van der Waals surface area contributed by atoms with Crippen LogP contribution < -0.4 is 9.47 Å². The smallest absolute Gasteiger partial charge is 0.349 e. The number of ether oxygens (including phenoxy) is 2. The van der Waals surface area contributed by atoms with Crippen molar-refractivity contribution >= 4 is 5.97 Å². The van der Waals surface area contributed by atoms with Crippen molar-refractivity contribution in [3.8, 4) is 11.5 Å². The van der Waals surface area contributed by atoms with E-state index in [-0.39, 0.29) is 18.0 Å². The van der Waals surface area contributed by atoms with Gasteiger partial charge in [-0.15, -0.1) is 0 Å². The maximum atomic E-state index is 11.0. The Labute approximate surface area is 89.0 Å². The third kappa shape index (κ3) is 1.96. The molecule has 0 spiro atoms. The summed E-state index contributed by atoms with van der Waals surface area (Å²) < 4.78 is 10.3. The Bertz CT molecular complexity index is 402. The summed E-state index contributed by atoms with van der Waals surface area (Å²) >= 11 is 0. The van der Waals surface area contributed by atoms with Crippen molar-refractivity contribution in [3.05, 3.63) is 23.8 Å². The summed E-state index contributed by atoms with van der Waals surface area (Å²) in [4.78, 5) is 11.0. The largest absolute Gasteiger partial charge is 0.478 e. The van der Waals surface area contributed by atoms with Gasteiger partial charge in [-0.3, -0.25) is 0 Å². The van der Waals surface area contributed by atoms with Crippen molar-refractivity contribution in [2.45, 2.75) is 26.2 Å². The van der Waals surface area contributed by atoms with Crippen LogP contribution in [0.2, 0.25) is 0 Å². The molecule has 2 rings (SSSR count). The van der Waals surface area contributed by atoms with Crippen LogP contribution in [-0.4, -0.2) is 12.6 Å². The first-order valence-electron chi connectivity index (χ1n) is 4.95. The van der Waals surface area contributed by atoms with Gasteiger partial charge in [0.2, 0.25) is 0 Å². The minimum Gasteiger partial charge on any atom is -0.478 e. The van der Waals surface area contributed by atoms with Gasteiger partial charge in [0, 0.05) is 0 Å². The molecule has 1 heterocycles. The standard InChI is InChI=1S/C12H14O3/c1-12(2,3)8-4-5-9-10(6-8)14-7-11(13)15-9/h4-6H,7H2,1-3H3. The van der Waals surface area contributed by atoms with E-state index < -0.39 is 0 Å². The van der Waals surface area contributed by atoms with Crippen molar-refractivity contribution in [3.63, 3.8) is 0 Å². The lowest BCUT2D eigenvalue weighted by Crippen LogP contribution is -2.23. The minimum atomic E-state index is -0.342. The molecule has 3 nitrogen and oxygen atoms in total. The Kier molecular flexibility index (Phi) is 2.18. The Hall–Kier alpha value is -1.51. The highest BCUT2D eigenvalue weighted by atomic mass is 16.6. The van der Waals surface area contributed by atoms with E-state index in [0.29, 0.717) is 11.5 Å². The average molecular weight is 206 g/mol. The highest BCUT2D eigenvalue weighted by Gasteiger charge is 2.21. The molecular weight excluding hydrogens is 192 g/mol. The first kappa shape index (κ1) is 10.0. The van der Waals surface area contributed by atoms with Gasteiger partial charge in [-0.2, -0.15) is 0 Å². The molecule has 0 fully saturated rings. The van der Waals surface area contributed by atoms with Crippen molar-refractivity contribution in [1.82, 2.24) is 0 Å². The van der Waals surface area contributed by atoms with E-state index in [1.807, 2.05) is 12.1 Å². The van der Waals surface area contributed by atoms with Crippen LogP contribution in [-0.2, 0) is 10.2 Å². The van der Waals surface area contributed by atoms with Gasteiger partial charge in [0.25, 0.3) is 0 Å². The SMILES string of the molecule is CC(C)(C)c1ccc2c(c1)OCC(=O)O2. The molecule has 0 saturated carbocycles. The van der Waals surface area contributed by atoms with Gasteiger partial charge >= 0.3 is 5.97 Å². The molecule has 1 aliphatic heterocycles. The number of benzene rings is 1. The Morgan fingerprint density at radius 2 is 1.93 bits per heavy atom. The zero-order chi connectivity index (χ0) is 11.1. The van der Waals surface area contributed by atoms with Crippen LogP contribution in [0.3, 0.4) is 0 Å². The zero-order valence-electron chi connectivity index (χ0n) is 9.16. The topological polar surface area (TPSA) is 35.5 Å². The molecule has 0 aromatic heterocycles. The maximum Gasteiger partial charge on any atom is 0.349 e. The van der Waals surface area contributed by atoms with E-state index in [1.165, 1.54) is 5.56 Å². The van der Waals surface area contributed by atoms with Gasteiger partial charge in [-0.25, -0.2) is 4.79 Å². The lowest BCUT2D eigenvalue weighted by atomic mass is 9.87. The van der Waals surface area contributed by atoms with Gasteiger partial charge in [0.15, 0.2) is 18.1 Å². The summed E-state index contributed by atoms with van der Waals surface area (Å²) in [6.07, 6.45) is 0. The summed E-state index contributed by atoms with van der Waals surface area (Å²) in [6, 6.07) is 5.68. The molecule has 0 atom stereocenters. The predicted molar refractivity (Wildman–Crippen MR) is 56.3 cm³/mol. The van der Waals surface area contributed by atoms with Crippen molar-refractivity contribution < 1.29 is 14.3 Å². The number of hydrogen-bond acceptors (Lipinski definition) is 3. The number of fused-ring (bicyclic) bond motifs is 1. The molecule has 3 heteroatoms. The maximum absolute atomic E-state index is 11.0. The molecule has 15 heavy (non-hydrogen) atoms. The molecule has 80 valence electrons. The minimum absolute atomic E-state index is 0.000591. The van der Waals surface area contributed by atoms with Crippen LogP contribution in [0.1, 0.15) is 26.3 Å². The molecule has 1 aromatic carbocycles. The van der Waals surface area contributed by atoms with Crippen LogP contribution in [0.5, 0.6) is 11.5 Å². The second-order valence-electron chi connectivity index (χ2n) is 4.67. The predicted octanol–water partition coefficient (Wildman–Crippen LogP) is 2.28. The van der Waals surface area contributed by atoms with Crippen LogP contribution in [0.25, 0.3) is 0 Å². The fourth-order valence-electron chi connectivity index (χ4n) is 1.46. The average Bonchev–Trinajstić information content (AvgIpc) is 2.15. The number of esters is 1. The lowest BCUT2D eigenvalue weighted by Gasteiger charge is -2.22. The molecule has 1 aliphatic rings. The molecule has 0 bridgehead atoms. The number of rotatable bonds is 0. The number of carbonyl (C=O) groups is 1. The summed E-state index contributed by atoms with van der Waals surface area (Å²) in [6.45, 7) is 6.39. The fraction of sp³-hybridized carbons (Fsp3) is 0.417. The molecule has 0 unspecified atom stereocenters. The van der Waals surface area contributed by atoms with Crippen LogP contribution in [0.15, 0.2) is 18.2 Å². The second-order valence-corrected chi connectivity index (χ2v) is 4.67. The molecular formula is C12H14O3. The summed E-state index contributed by atoms with van der Waals surface area (Å²) in [7, 11) is 0. The highest BCUT2D eigenvalue weighted by Crippen LogP contribution is 2.34. The summed E-state index contributed by atoms with van der Waals surface area (Å²) in [5.74, 6) is 0.826. The monoisotopic (exact) mass is 206 g/mol. The van der Waals surface area contributed by atoms with Gasteiger partial charge in [-0.05, 0) is 23.1 Å². The van der Waals surface area contributed by atoms with E-state index in [4.69, 9.17) is 9.47 Å². The van der Waals surface area contributed by atoms with Crippen LogP contribution >= 0.6 is 0 Å². The zero-order valence-corrected chi connectivity index (χ0v) is 9.16. The van der Waals surface area contributed by atoms with Gasteiger partial charge in [0.05, 0.1) is 0 Å². The van der Waals surface area contributed by atoms with E-state index in [1.54, 1.807) is 6.07 Å². The van der Waals surface area contributed by atoms with Gasteiger partial charge < -0.3 is 9.47 Å². The fourth-order valence-corrected chi connectivity index (χ4v) is 1.46. The molecule has 0 amide bonds. The lowest BCUT2D eigenvalue weighted by molar-refractivity contribution is -0.138. The molecule has 0 aliphatic carbocycles. The first-order valence-corrected chi connectivity index (χ1v) is 4.95. The van der Waals surface area contributed by atoms with Gasteiger partial charge in [-0.1, -0.05) is 26.8 Å². The Morgan fingerprint density at radius 1 is 1.20 bits per heavy atom. The number of hydrogen-bond donors (Lipinski definition) is 0. The molecule has 0 saturated heterocycles. The van der Waals surface area contributed by atoms with Crippen LogP contribution in [0, 0.1) is 0 Å². The summed E-state index contributed by atoms with van der Waals surface area (Å²) in [5, 5.41) is 0. The van der Waals surface area contributed by atoms with Crippen LogP contribution in [0.4, 0.5) is 0 Å². The molecule has 0 radical (unpaired) electrons. The van der Waals surface area contributed by atoms with E-state index in [0.717, 1.165) is 0 Å². The van der Waals surface area contributed by atoms with Gasteiger partial charge in [0.1, 0.15) is 0 Å². The molecule has 1 aromatic rings. The normalized spacial score (nSPS) is 15.3. The quantitative estimate of drug-likeness (QED) is 0.482. The van der Waals surface area contributed by atoms with E-state index in [9.17, 15) is 4.79 Å². The first-order chi connectivity index (χ1) is 6.97. The number of carbonyl (C=O) groups excluding carboxylic acids is 1. The third-order valence-corrected chi connectivity index (χ3v) is 2.38. The second kappa shape index (κ2) is 3.26. The van der Waals surface area contributed by atoms with E-state index >= 15 is 0 Å². The molecule has 0 N–H and O–H groups in total. The summed E-state index contributed by atoms with van der Waals surface area (Å²) in [5.41, 5.74) is 1.24. The Balaban J connectivity index is 2.39.